The third kappa shape index (κ3) is 3.20. The van der Waals surface area contributed by atoms with Gasteiger partial charge in [-0.05, 0) is 31.0 Å². The molecule has 7 heteroatoms. The number of carbonyl (C=O) groups is 2. The van der Waals surface area contributed by atoms with Crippen LogP contribution in [0.4, 0.5) is 20.2 Å². The molecular formula is C16H18F2N2O2S. The molecule has 0 atom stereocenters. The zero-order valence-corrected chi connectivity index (χ0v) is 13.6. The van der Waals surface area contributed by atoms with E-state index in [4.69, 9.17) is 0 Å². The number of rotatable bonds is 4. The van der Waals surface area contributed by atoms with E-state index in [1.807, 2.05) is 6.92 Å². The van der Waals surface area contributed by atoms with Crippen molar-refractivity contribution in [3.8, 4) is 0 Å². The molecule has 1 saturated carbocycles. The van der Waals surface area contributed by atoms with Crippen LogP contribution in [0.2, 0.25) is 0 Å². The second-order valence-corrected chi connectivity index (χ2v) is 7.25. The number of nitrogens with zero attached hydrogens (tertiary/aromatic N) is 1. The SMILES string of the molecule is CC1(C(=O)Nc2ccc3c(c2)N(CC(F)F)C(=O)CS3)CCC1. The highest BCUT2D eigenvalue weighted by Gasteiger charge is 2.39. The van der Waals surface area contributed by atoms with E-state index >= 15 is 0 Å². The fourth-order valence-corrected chi connectivity index (χ4v) is 3.75. The molecule has 4 nitrogen and oxygen atoms in total. The average Bonchev–Trinajstić information content (AvgIpc) is 2.47. The highest BCUT2D eigenvalue weighted by molar-refractivity contribution is 8.00. The molecule has 1 fully saturated rings. The van der Waals surface area contributed by atoms with Crippen LogP contribution in [-0.2, 0) is 9.59 Å². The maximum absolute atomic E-state index is 12.7. The summed E-state index contributed by atoms with van der Waals surface area (Å²) in [6.45, 7) is 1.30. The van der Waals surface area contributed by atoms with Gasteiger partial charge in [-0.3, -0.25) is 9.59 Å². The Labute approximate surface area is 137 Å². The highest BCUT2D eigenvalue weighted by Crippen LogP contribution is 2.42. The molecule has 0 unspecified atom stereocenters. The van der Waals surface area contributed by atoms with Crippen molar-refractivity contribution in [1.82, 2.24) is 0 Å². The first-order valence-electron chi connectivity index (χ1n) is 7.56. The maximum atomic E-state index is 12.7. The van der Waals surface area contributed by atoms with Gasteiger partial charge in [0.25, 0.3) is 6.43 Å². The van der Waals surface area contributed by atoms with Gasteiger partial charge in [0, 0.05) is 16.0 Å². The molecule has 0 bridgehead atoms. The first-order chi connectivity index (χ1) is 10.9. The Kier molecular flexibility index (Phi) is 4.31. The smallest absolute Gasteiger partial charge is 0.256 e. The zero-order chi connectivity index (χ0) is 16.6. The van der Waals surface area contributed by atoms with Crippen LogP contribution in [0.25, 0.3) is 0 Å². The van der Waals surface area contributed by atoms with Gasteiger partial charge in [0.1, 0.15) is 0 Å². The van der Waals surface area contributed by atoms with Gasteiger partial charge in [-0.15, -0.1) is 11.8 Å². The van der Waals surface area contributed by atoms with Crippen molar-refractivity contribution < 1.29 is 18.4 Å². The van der Waals surface area contributed by atoms with E-state index in [2.05, 4.69) is 5.32 Å². The van der Waals surface area contributed by atoms with Crippen LogP contribution in [0, 0.1) is 5.41 Å². The monoisotopic (exact) mass is 340 g/mol. The summed E-state index contributed by atoms with van der Waals surface area (Å²) in [4.78, 5) is 26.1. The summed E-state index contributed by atoms with van der Waals surface area (Å²) in [6.07, 6.45) is 0.161. The van der Waals surface area contributed by atoms with E-state index in [1.54, 1.807) is 18.2 Å². The van der Waals surface area contributed by atoms with Crippen LogP contribution in [-0.4, -0.2) is 30.5 Å². The molecule has 0 spiro atoms. The lowest BCUT2D eigenvalue weighted by Gasteiger charge is -2.36. The van der Waals surface area contributed by atoms with E-state index < -0.39 is 13.0 Å². The molecule has 3 rings (SSSR count). The van der Waals surface area contributed by atoms with Gasteiger partial charge >= 0.3 is 0 Å². The zero-order valence-electron chi connectivity index (χ0n) is 12.8. The third-order valence-corrected chi connectivity index (χ3v) is 5.53. The lowest BCUT2D eigenvalue weighted by molar-refractivity contribution is -0.128. The number of hydrogen-bond donors (Lipinski definition) is 1. The van der Waals surface area contributed by atoms with Crippen LogP contribution >= 0.6 is 11.8 Å². The van der Waals surface area contributed by atoms with Crippen LogP contribution in [0.15, 0.2) is 23.1 Å². The number of anilines is 2. The summed E-state index contributed by atoms with van der Waals surface area (Å²) >= 11 is 1.33. The lowest BCUT2D eigenvalue weighted by Crippen LogP contribution is -2.40. The first-order valence-corrected chi connectivity index (χ1v) is 8.54. The molecule has 2 amide bonds. The Morgan fingerprint density at radius 3 is 2.78 bits per heavy atom. The van der Waals surface area contributed by atoms with Gasteiger partial charge in [0.2, 0.25) is 11.8 Å². The van der Waals surface area contributed by atoms with Gasteiger partial charge in [-0.1, -0.05) is 13.3 Å². The summed E-state index contributed by atoms with van der Waals surface area (Å²) in [5.41, 5.74) is 0.642. The van der Waals surface area contributed by atoms with Gasteiger partial charge in [0.05, 0.1) is 18.0 Å². The molecular weight excluding hydrogens is 322 g/mol. The Morgan fingerprint density at radius 2 is 2.17 bits per heavy atom. The molecule has 0 radical (unpaired) electrons. The molecule has 0 saturated heterocycles. The number of alkyl halides is 2. The summed E-state index contributed by atoms with van der Waals surface area (Å²) < 4.78 is 25.5. The van der Waals surface area contributed by atoms with Crippen LogP contribution in [0.1, 0.15) is 26.2 Å². The standard InChI is InChI=1S/C16H18F2N2O2S/c1-16(5-2-6-16)15(22)19-10-3-4-12-11(7-10)20(8-13(17)18)14(21)9-23-12/h3-4,7,13H,2,5-6,8-9H2,1H3,(H,19,22). The Morgan fingerprint density at radius 1 is 1.43 bits per heavy atom. The van der Waals surface area contributed by atoms with E-state index in [1.165, 1.54) is 11.8 Å². The van der Waals surface area contributed by atoms with Gasteiger partial charge in [-0.2, -0.15) is 0 Å². The summed E-state index contributed by atoms with van der Waals surface area (Å²) in [6, 6.07) is 5.13. The van der Waals surface area contributed by atoms with Crippen molar-refractivity contribution in [2.75, 3.05) is 22.5 Å². The minimum absolute atomic E-state index is 0.0566. The minimum atomic E-state index is -2.60. The number of benzene rings is 1. The predicted molar refractivity (Wildman–Crippen MR) is 86.1 cm³/mol. The number of amides is 2. The van der Waals surface area contributed by atoms with Crippen molar-refractivity contribution in [1.29, 1.82) is 0 Å². The summed E-state index contributed by atoms with van der Waals surface area (Å²) in [5, 5.41) is 2.85. The van der Waals surface area contributed by atoms with E-state index in [9.17, 15) is 18.4 Å². The molecule has 0 aromatic heterocycles. The van der Waals surface area contributed by atoms with Crippen molar-refractivity contribution in [2.45, 2.75) is 37.5 Å². The lowest BCUT2D eigenvalue weighted by atomic mass is 9.70. The molecule has 1 aromatic rings. The minimum Gasteiger partial charge on any atom is -0.326 e. The average molecular weight is 340 g/mol. The quantitative estimate of drug-likeness (QED) is 0.912. The number of fused-ring (bicyclic) bond motifs is 1. The fourth-order valence-electron chi connectivity index (χ4n) is 2.83. The fraction of sp³-hybridized carbons (Fsp3) is 0.500. The molecule has 2 aliphatic rings. The maximum Gasteiger partial charge on any atom is 0.256 e. The number of carbonyl (C=O) groups excluding carboxylic acids is 2. The number of nitrogens with one attached hydrogen (secondary N) is 1. The van der Waals surface area contributed by atoms with Crippen molar-refractivity contribution >= 4 is 35.0 Å². The van der Waals surface area contributed by atoms with Gasteiger partial charge in [0.15, 0.2) is 0 Å². The molecule has 1 N–H and O–H groups in total. The van der Waals surface area contributed by atoms with Crippen molar-refractivity contribution in [2.24, 2.45) is 5.41 Å². The number of halogens is 2. The van der Waals surface area contributed by atoms with Gasteiger partial charge < -0.3 is 10.2 Å². The molecule has 1 aliphatic carbocycles. The number of hydrogen-bond acceptors (Lipinski definition) is 3. The molecule has 1 aromatic carbocycles. The summed E-state index contributed by atoms with van der Waals surface area (Å²) in [5.74, 6) is -0.236. The molecule has 23 heavy (non-hydrogen) atoms. The van der Waals surface area contributed by atoms with E-state index in [0.29, 0.717) is 11.4 Å². The topological polar surface area (TPSA) is 49.4 Å². The highest BCUT2D eigenvalue weighted by atomic mass is 32.2. The van der Waals surface area contributed by atoms with Crippen LogP contribution in [0.3, 0.4) is 0 Å². The van der Waals surface area contributed by atoms with Crippen LogP contribution in [0.5, 0.6) is 0 Å². The first kappa shape index (κ1) is 16.2. The summed E-state index contributed by atoms with van der Waals surface area (Å²) in [7, 11) is 0. The van der Waals surface area contributed by atoms with E-state index in [0.717, 1.165) is 29.1 Å². The van der Waals surface area contributed by atoms with Gasteiger partial charge in [-0.25, -0.2) is 8.78 Å². The van der Waals surface area contributed by atoms with Crippen molar-refractivity contribution in [3.63, 3.8) is 0 Å². The van der Waals surface area contributed by atoms with Crippen LogP contribution < -0.4 is 10.2 Å². The normalized spacial score (nSPS) is 19.3. The third-order valence-electron chi connectivity index (χ3n) is 4.49. The second kappa shape index (κ2) is 6.11. The Balaban J connectivity index is 1.83. The molecule has 1 heterocycles. The Bertz CT molecular complexity index is 647. The van der Waals surface area contributed by atoms with E-state index in [-0.39, 0.29) is 23.0 Å². The predicted octanol–water partition coefficient (Wildman–Crippen LogP) is 3.52. The molecule has 1 aliphatic heterocycles. The second-order valence-electron chi connectivity index (χ2n) is 6.23. The number of thioether (sulfide) groups is 1. The Hall–Kier alpha value is -1.63. The largest absolute Gasteiger partial charge is 0.326 e. The van der Waals surface area contributed by atoms with Crippen molar-refractivity contribution in [3.05, 3.63) is 18.2 Å². The molecule has 124 valence electrons.